The van der Waals surface area contributed by atoms with Crippen molar-refractivity contribution >= 4 is 50.7 Å². The number of anilines is 1. The molecule has 4 rings (SSSR count). The number of hydrogen-bond donors (Lipinski definition) is 1. The Morgan fingerprint density at radius 1 is 0.951 bits per heavy atom. The molecule has 1 fully saturated rings. The van der Waals surface area contributed by atoms with E-state index in [1.54, 1.807) is 67.6 Å². The van der Waals surface area contributed by atoms with Crippen LogP contribution in [0.3, 0.4) is 0 Å². The summed E-state index contributed by atoms with van der Waals surface area (Å²) in [4.78, 5) is 29.2. The summed E-state index contributed by atoms with van der Waals surface area (Å²) in [7, 11) is -4.16. The smallest absolute Gasteiger partial charge is 0.264 e. The van der Waals surface area contributed by atoms with E-state index in [0.29, 0.717) is 27.7 Å². The van der Waals surface area contributed by atoms with E-state index in [0.717, 1.165) is 35.6 Å². The average Bonchev–Trinajstić information content (AvgIpc) is 3.47. The van der Waals surface area contributed by atoms with E-state index in [4.69, 9.17) is 23.2 Å². The molecule has 1 atom stereocenters. The first-order chi connectivity index (χ1) is 19.6. The van der Waals surface area contributed by atoms with Crippen LogP contribution in [0.15, 0.2) is 77.7 Å². The van der Waals surface area contributed by atoms with Gasteiger partial charge in [-0.05, 0) is 73.7 Å². The molecule has 0 unspecified atom stereocenters. The maximum atomic E-state index is 14.2. The van der Waals surface area contributed by atoms with Crippen LogP contribution in [0.5, 0.6) is 0 Å². The van der Waals surface area contributed by atoms with Crippen molar-refractivity contribution in [3.05, 3.63) is 94.0 Å². The lowest BCUT2D eigenvalue weighted by Crippen LogP contribution is -2.53. The van der Waals surface area contributed by atoms with Gasteiger partial charge in [-0.2, -0.15) is 0 Å². The van der Waals surface area contributed by atoms with Crippen LogP contribution >= 0.6 is 23.2 Å². The summed E-state index contributed by atoms with van der Waals surface area (Å²) < 4.78 is 29.0. The monoisotopic (exact) mass is 615 g/mol. The van der Waals surface area contributed by atoms with Gasteiger partial charge >= 0.3 is 0 Å². The number of halogens is 2. The molecule has 1 saturated carbocycles. The summed E-state index contributed by atoms with van der Waals surface area (Å²) in [6.45, 7) is 3.16. The Labute approximate surface area is 252 Å². The van der Waals surface area contributed by atoms with Gasteiger partial charge in [-0.15, -0.1) is 0 Å². The van der Waals surface area contributed by atoms with E-state index < -0.39 is 28.5 Å². The summed E-state index contributed by atoms with van der Waals surface area (Å²) in [6, 6.07) is 19.2. The van der Waals surface area contributed by atoms with Crippen LogP contribution in [0.4, 0.5) is 5.69 Å². The van der Waals surface area contributed by atoms with Crippen LogP contribution in [-0.4, -0.2) is 43.8 Å². The molecule has 0 bridgehead atoms. The number of carbonyl (C=O) groups excluding carboxylic acids is 2. The molecule has 1 aliphatic rings. The fourth-order valence-corrected chi connectivity index (χ4v) is 6.96. The van der Waals surface area contributed by atoms with Crippen LogP contribution < -0.4 is 9.62 Å². The fourth-order valence-electron chi connectivity index (χ4n) is 5.17. The summed E-state index contributed by atoms with van der Waals surface area (Å²) >= 11 is 12.5. The molecule has 0 aromatic heterocycles. The summed E-state index contributed by atoms with van der Waals surface area (Å²) in [5, 5.41) is 4.04. The van der Waals surface area contributed by atoms with Gasteiger partial charge in [-0.3, -0.25) is 13.9 Å². The molecule has 1 N–H and O–H groups in total. The second-order valence-corrected chi connectivity index (χ2v) is 13.0. The Bertz CT molecular complexity index is 1460. The Balaban J connectivity index is 1.73. The van der Waals surface area contributed by atoms with Crippen molar-refractivity contribution in [2.24, 2.45) is 0 Å². The Kier molecular flexibility index (Phi) is 10.3. The Morgan fingerprint density at radius 2 is 1.61 bits per heavy atom. The first-order valence-corrected chi connectivity index (χ1v) is 16.0. The lowest BCUT2D eigenvalue weighted by atomic mass is 10.1. The third-order valence-electron chi connectivity index (χ3n) is 7.47. The Hall–Kier alpha value is -3.07. The average molecular weight is 617 g/mol. The first kappa shape index (κ1) is 30.9. The molecule has 41 heavy (non-hydrogen) atoms. The van der Waals surface area contributed by atoms with Crippen molar-refractivity contribution in [2.45, 2.75) is 69.5 Å². The largest absolute Gasteiger partial charge is 0.352 e. The number of benzene rings is 3. The molecule has 10 heteroatoms. The molecule has 1 aliphatic carbocycles. The van der Waals surface area contributed by atoms with Crippen molar-refractivity contribution in [2.75, 3.05) is 10.8 Å². The van der Waals surface area contributed by atoms with Crippen molar-refractivity contribution in [3.63, 3.8) is 0 Å². The molecule has 2 amide bonds. The first-order valence-electron chi connectivity index (χ1n) is 13.8. The molecule has 0 heterocycles. The molecule has 218 valence electrons. The minimum absolute atomic E-state index is 0.0439. The molecule has 0 radical (unpaired) electrons. The van der Waals surface area contributed by atoms with E-state index >= 15 is 0 Å². The molecular formula is C31H35Cl2N3O4S. The van der Waals surface area contributed by atoms with Crippen LogP contribution in [-0.2, 0) is 26.2 Å². The van der Waals surface area contributed by atoms with E-state index in [1.807, 2.05) is 6.92 Å². The second kappa shape index (κ2) is 13.7. The third-order valence-corrected chi connectivity index (χ3v) is 9.91. The molecule has 7 nitrogen and oxygen atoms in total. The zero-order valence-electron chi connectivity index (χ0n) is 23.2. The van der Waals surface area contributed by atoms with Crippen molar-refractivity contribution in [1.82, 2.24) is 10.2 Å². The predicted octanol–water partition coefficient (Wildman–Crippen LogP) is 6.36. The number of amides is 2. The van der Waals surface area contributed by atoms with Gasteiger partial charge in [0.05, 0.1) is 10.6 Å². The van der Waals surface area contributed by atoms with E-state index in [-0.39, 0.29) is 23.4 Å². The molecule has 0 saturated heterocycles. The highest BCUT2D eigenvalue weighted by molar-refractivity contribution is 7.92. The highest BCUT2D eigenvalue weighted by Gasteiger charge is 2.35. The quantitative estimate of drug-likeness (QED) is 0.272. The lowest BCUT2D eigenvalue weighted by molar-refractivity contribution is -0.140. The number of nitrogens with one attached hydrogen (secondary N) is 1. The van der Waals surface area contributed by atoms with Crippen molar-refractivity contribution < 1.29 is 18.0 Å². The van der Waals surface area contributed by atoms with Gasteiger partial charge in [-0.25, -0.2) is 8.42 Å². The van der Waals surface area contributed by atoms with Gasteiger partial charge in [-0.1, -0.05) is 79.4 Å². The molecule has 3 aromatic carbocycles. The number of rotatable bonds is 11. The lowest BCUT2D eigenvalue weighted by Gasteiger charge is -2.34. The van der Waals surface area contributed by atoms with Gasteiger partial charge < -0.3 is 10.2 Å². The minimum Gasteiger partial charge on any atom is -0.352 e. The predicted molar refractivity (Wildman–Crippen MR) is 164 cm³/mol. The zero-order valence-corrected chi connectivity index (χ0v) is 25.6. The molecule has 3 aromatic rings. The molecular weight excluding hydrogens is 581 g/mol. The molecule has 0 aliphatic heterocycles. The summed E-state index contributed by atoms with van der Waals surface area (Å²) in [5.41, 5.74) is 1.59. The third kappa shape index (κ3) is 7.42. The van der Waals surface area contributed by atoms with Gasteiger partial charge in [0.15, 0.2) is 0 Å². The summed E-state index contributed by atoms with van der Waals surface area (Å²) in [6.07, 6.45) is 4.29. The van der Waals surface area contributed by atoms with Crippen LogP contribution in [0.1, 0.15) is 50.2 Å². The standard InChI is InChI=1S/C31H35Cl2N3O4S/c1-3-28(31(38)34-25-10-7-8-11-25)35(20-23-16-18-24(32)19-17-23)30(37)21-36(29-15-9-14-27(33)22(29)2)41(39,40)26-12-5-4-6-13-26/h4-6,9,12-19,25,28H,3,7-8,10-11,20-21H2,1-2H3,(H,34,38)/t28-/m0/s1. The van der Waals surface area contributed by atoms with Gasteiger partial charge in [0.25, 0.3) is 10.0 Å². The van der Waals surface area contributed by atoms with Gasteiger partial charge in [0.1, 0.15) is 12.6 Å². The fraction of sp³-hybridized carbons (Fsp3) is 0.355. The normalized spacial score (nSPS) is 14.4. The van der Waals surface area contributed by atoms with Crippen LogP contribution in [0, 0.1) is 6.92 Å². The van der Waals surface area contributed by atoms with Crippen LogP contribution in [0.2, 0.25) is 10.0 Å². The van der Waals surface area contributed by atoms with E-state index in [9.17, 15) is 18.0 Å². The van der Waals surface area contributed by atoms with Gasteiger partial charge in [0, 0.05) is 22.6 Å². The van der Waals surface area contributed by atoms with Crippen molar-refractivity contribution in [3.8, 4) is 0 Å². The maximum absolute atomic E-state index is 14.2. The Morgan fingerprint density at radius 3 is 2.24 bits per heavy atom. The highest BCUT2D eigenvalue weighted by Crippen LogP contribution is 2.31. The number of hydrogen-bond acceptors (Lipinski definition) is 4. The molecule has 0 spiro atoms. The number of nitrogens with zero attached hydrogens (tertiary/aromatic N) is 2. The van der Waals surface area contributed by atoms with E-state index in [1.165, 1.54) is 17.0 Å². The second-order valence-electron chi connectivity index (χ2n) is 10.3. The summed E-state index contributed by atoms with van der Waals surface area (Å²) in [5.74, 6) is -0.745. The van der Waals surface area contributed by atoms with Gasteiger partial charge in [0.2, 0.25) is 11.8 Å². The van der Waals surface area contributed by atoms with Crippen molar-refractivity contribution in [1.29, 1.82) is 0 Å². The highest BCUT2D eigenvalue weighted by atomic mass is 35.5. The number of sulfonamides is 1. The van der Waals surface area contributed by atoms with Crippen LogP contribution in [0.25, 0.3) is 0 Å². The minimum atomic E-state index is -4.16. The van der Waals surface area contributed by atoms with E-state index in [2.05, 4.69) is 5.32 Å². The maximum Gasteiger partial charge on any atom is 0.264 e. The zero-order chi connectivity index (χ0) is 29.6. The number of carbonyl (C=O) groups is 2. The topological polar surface area (TPSA) is 86.8 Å². The SMILES string of the molecule is CC[C@@H](C(=O)NC1CCCC1)N(Cc1ccc(Cl)cc1)C(=O)CN(c1cccc(Cl)c1C)S(=O)(=O)c1ccccc1.